The van der Waals surface area contributed by atoms with Crippen LogP contribution >= 0.6 is 0 Å². The van der Waals surface area contributed by atoms with Gasteiger partial charge in [0.05, 0.1) is 0 Å². The first-order chi connectivity index (χ1) is 10.8. The molecule has 2 rings (SSSR count). The van der Waals surface area contributed by atoms with Gasteiger partial charge in [-0.3, -0.25) is 0 Å². The average molecular weight is 328 g/mol. The predicted molar refractivity (Wildman–Crippen MR) is 80.0 cm³/mol. The van der Waals surface area contributed by atoms with Gasteiger partial charge in [-0.2, -0.15) is 18.2 Å². The lowest BCUT2D eigenvalue weighted by molar-refractivity contribution is -0.141. The van der Waals surface area contributed by atoms with E-state index >= 15 is 0 Å². The molecule has 0 radical (unpaired) electrons. The molecule has 0 bridgehead atoms. The summed E-state index contributed by atoms with van der Waals surface area (Å²) in [5.74, 6) is -0.312. The van der Waals surface area contributed by atoms with Gasteiger partial charge in [-0.1, -0.05) is 12.1 Å². The summed E-state index contributed by atoms with van der Waals surface area (Å²) in [5, 5.41) is 2.75. The monoisotopic (exact) mass is 328 g/mol. The van der Waals surface area contributed by atoms with Crippen LogP contribution in [0, 0.1) is 5.82 Å². The summed E-state index contributed by atoms with van der Waals surface area (Å²) in [6, 6.07) is 6.91. The normalized spacial score (nSPS) is 11.4. The van der Waals surface area contributed by atoms with Crippen molar-refractivity contribution in [2.75, 3.05) is 30.9 Å². The van der Waals surface area contributed by atoms with E-state index in [9.17, 15) is 17.6 Å². The van der Waals surface area contributed by atoms with Gasteiger partial charge in [-0.05, 0) is 24.1 Å². The lowest BCUT2D eigenvalue weighted by atomic mass is 10.1. The first-order valence-corrected chi connectivity index (χ1v) is 6.87. The first-order valence-electron chi connectivity index (χ1n) is 6.87. The van der Waals surface area contributed by atoms with E-state index in [1.807, 2.05) is 0 Å². The van der Waals surface area contributed by atoms with E-state index in [1.54, 1.807) is 26.2 Å². The van der Waals surface area contributed by atoms with Crippen LogP contribution in [0.25, 0.3) is 0 Å². The Kier molecular flexibility index (Phi) is 5.02. The van der Waals surface area contributed by atoms with E-state index in [-0.39, 0.29) is 24.1 Å². The Bertz CT molecular complexity index is 671. The molecule has 0 fully saturated rings. The summed E-state index contributed by atoms with van der Waals surface area (Å²) in [6.45, 7) is 0.289. The molecule has 0 spiro atoms. The summed E-state index contributed by atoms with van der Waals surface area (Å²) >= 11 is 0. The molecule has 2 aromatic rings. The van der Waals surface area contributed by atoms with E-state index < -0.39 is 11.9 Å². The van der Waals surface area contributed by atoms with Gasteiger partial charge in [0.15, 0.2) is 5.69 Å². The van der Waals surface area contributed by atoms with Crippen molar-refractivity contribution in [2.45, 2.75) is 12.6 Å². The molecule has 1 N–H and O–H groups in total. The van der Waals surface area contributed by atoms with E-state index in [4.69, 9.17) is 0 Å². The van der Waals surface area contributed by atoms with Crippen LogP contribution in [0.4, 0.5) is 29.3 Å². The van der Waals surface area contributed by atoms with E-state index in [0.29, 0.717) is 6.42 Å². The molecule has 23 heavy (non-hydrogen) atoms. The Morgan fingerprint density at radius 2 is 1.87 bits per heavy atom. The van der Waals surface area contributed by atoms with E-state index in [2.05, 4.69) is 15.3 Å². The number of nitrogens with zero attached hydrogens (tertiary/aromatic N) is 3. The molecule has 0 atom stereocenters. The highest BCUT2D eigenvalue weighted by atomic mass is 19.4. The molecule has 1 aromatic heterocycles. The van der Waals surface area contributed by atoms with Crippen molar-refractivity contribution < 1.29 is 17.6 Å². The topological polar surface area (TPSA) is 41.1 Å². The number of hydrogen-bond donors (Lipinski definition) is 1. The fourth-order valence-corrected chi connectivity index (χ4v) is 1.90. The number of alkyl halides is 3. The van der Waals surface area contributed by atoms with Crippen LogP contribution in [0.5, 0.6) is 0 Å². The number of hydrogen-bond acceptors (Lipinski definition) is 4. The van der Waals surface area contributed by atoms with Crippen LogP contribution in [-0.4, -0.2) is 30.6 Å². The molecule has 4 nitrogen and oxygen atoms in total. The minimum absolute atomic E-state index is 0.111. The SMILES string of the molecule is CN(C)c1cc(C(F)(F)F)nc(NCCc2cccc(F)c2)n1. The van der Waals surface area contributed by atoms with Crippen LogP contribution < -0.4 is 10.2 Å². The van der Waals surface area contributed by atoms with Crippen molar-refractivity contribution in [1.29, 1.82) is 0 Å². The van der Waals surface area contributed by atoms with Gasteiger partial charge in [0.25, 0.3) is 0 Å². The van der Waals surface area contributed by atoms with Gasteiger partial charge < -0.3 is 10.2 Å². The third-order valence-corrected chi connectivity index (χ3v) is 3.05. The van der Waals surface area contributed by atoms with Crippen LogP contribution in [0.15, 0.2) is 30.3 Å². The molecule has 0 aliphatic rings. The fourth-order valence-electron chi connectivity index (χ4n) is 1.90. The zero-order chi connectivity index (χ0) is 17.0. The Morgan fingerprint density at radius 3 is 2.48 bits per heavy atom. The first kappa shape index (κ1) is 17.0. The third-order valence-electron chi connectivity index (χ3n) is 3.05. The number of anilines is 2. The summed E-state index contributed by atoms with van der Waals surface area (Å²) in [7, 11) is 3.19. The molecule has 0 amide bonds. The number of halogens is 4. The third kappa shape index (κ3) is 4.80. The van der Waals surface area contributed by atoms with Gasteiger partial charge in [-0.25, -0.2) is 9.37 Å². The predicted octanol–water partition coefficient (Wildman–Crippen LogP) is 3.36. The molecule has 1 heterocycles. The zero-order valence-corrected chi connectivity index (χ0v) is 12.7. The second-order valence-electron chi connectivity index (χ2n) is 5.13. The standard InChI is InChI=1S/C15H16F4N4/c1-23(2)13-9-12(15(17,18)19)21-14(22-13)20-7-6-10-4-3-5-11(16)8-10/h3-5,8-9H,6-7H2,1-2H3,(H,20,21,22). The molecule has 8 heteroatoms. The van der Waals surface area contributed by atoms with Crippen molar-refractivity contribution >= 4 is 11.8 Å². The minimum Gasteiger partial charge on any atom is -0.363 e. The second-order valence-corrected chi connectivity index (χ2v) is 5.13. The maximum atomic E-state index is 13.1. The van der Waals surface area contributed by atoms with Crippen molar-refractivity contribution in [3.63, 3.8) is 0 Å². The van der Waals surface area contributed by atoms with Gasteiger partial charge >= 0.3 is 6.18 Å². The van der Waals surface area contributed by atoms with Crippen LogP contribution in [0.1, 0.15) is 11.3 Å². The summed E-state index contributed by atoms with van der Waals surface area (Å²) in [6.07, 6.45) is -4.11. The molecule has 0 aliphatic carbocycles. The lowest BCUT2D eigenvalue weighted by Crippen LogP contribution is -2.18. The maximum Gasteiger partial charge on any atom is 0.433 e. The van der Waals surface area contributed by atoms with Crippen molar-refractivity contribution in [3.05, 3.63) is 47.4 Å². The number of aromatic nitrogens is 2. The zero-order valence-electron chi connectivity index (χ0n) is 12.7. The molecule has 1 aromatic carbocycles. The molecular weight excluding hydrogens is 312 g/mol. The van der Waals surface area contributed by atoms with Crippen molar-refractivity contribution in [3.8, 4) is 0 Å². The van der Waals surface area contributed by atoms with Gasteiger partial charge in [0, 0.05) is 26.7 Å². The molecule has 0 aliphatic heterocycles. The van der Waals surface area contributed by atoms with Crippen LogP contribution in [0.2, 0.25) is 0 Å². The van der Waals surface area contributed by atoms with Gasteiger partial charge in [0.1, 0.15) is 11.6 Å². The Hall–Kier alpha value is -2.38. The smallest absolute Gasteiger partial charge is 0.363 e. The van der Waals surface area contributed by atoms with Gasteiger partial charge in [0.2, 0.25) is 5.95 Å². The number of rotatable bonds is 5. The average Bonchev–Trinajstić information content (AvgIpc) is 2.46. The van der Waals surface area contributed by atoms with E-state index in [1.165, 1.54) is 17.0 Å². The summed E-state index contributed by atoms with van der Waals surface area (Å²) in [4.78, 5) is 8.98. The quantitative estimate of drug-likeness (QED) is 0.855. The fraction of sp³-hybridized carbons (Fsp3) is 0.333. The largest absolute Gasteiger partial charge is 0.433 e. The summed E-state index contributed by atoms with van der Waals surface area (Å²) in [5.41, 5.74) is -0.276. The molecular formula is C15H16F4N4. The lowest BCUT2D eigenvalue weighted by Gasteiger charge is -2.16. The second kappa shape index (κ2) is 6.80. The molecule has 124 valence electrons. The highest BCUT2D eigenvalue weighted by molar-refractivity contribution is 5.44. The van der Waals surface area contributed by atoms with Crippen LogP contribution in [0.3, 0.4) is 0 Å². The molecule has 0 saturated heterocycles. The van der Waals surface area contributed by atoms with Gasteiger partial charge in [-0.15, -0.1) is 0 Å². The Balaban J connectivity index is 2.11. The Morgan fingerprint density at radius 1 is 1.13 bits per heavy atom. The highest BCUT2D eigenvalue weighted by Crippen LogP contribution is 2.30. The van der Waals surface area contributed by atoms with Crippen molar-refractivity contribution in [1.82, 2.24) is 9.97 Å². The minimum atomic E-state index is -4.55. The maximum absolute atomic E-state index is 13.1. The Labute approximate surface area is 131 Å². The molecule has 0 unspecified atom stereocenters. The van der Waals surface area contributed by atoms with E-state index in [0.717, 1.165) is 11.6 Å². The number of nitrogens with one attached hydrogen (secondary N) is 1. The molecule has 0 saturated carbocycles. The number of benzene rings is 1. The van der Waals surface area contributed by atoms with Crippen molar-refractivity contribution in [2.24, 2.45) is 0 Å². The highest BCUT2D eigenvalue weighted by Gasteiger charge is 2.33. The summed E-state index contributed by atoms with van der Waals surface area (Å²) < 4.78 is 51.7. The van der Waals surface area contributed by atoms with Crippen LogP contribution in [-0.2, 0) is 12.6 Å².